The lowest BCUT2D eigenvalue weighted by Crippen LogP contribution is -2.25. The van der Waals surface area contributed by atoms with Crippen molar-refractivity contribution in [1.29, 1.82) is 0 Å². The minimum atomic E-state index is -1.57. The highest BCUT2D eigenvalue weighted by Gasteiger charge is 2.32. The van der Waals surface area contributed by atoms with Gasteiger partial charge in [0.15, 0.2) is 17.5 Å². The van der Waals surface area contributed by atoms with Crippen LogP contribution in [0.2, 0.25) is 0 Å². The number of anilines is 1. The van der Waals surface area contributed by atoms with Crippen LogP contribution in [0.5, 0.6) is 0 Å². The van der Waals surface area contributed by atoms with E-state index in [-0.39, 0.29) is 11.1 Å². The Kier molecular flexibility index (Phi) is 8.56. The molecule has 0 bridgehead atoms. The number of hydrogen-bond acceptors (Lipinski definition) is 2. The number of hydrogen-bond donors (Lipinski definition) is 1. The maximum Gasteiger partial charge on any atom is 0.248 e. The molecule has 7 heteroatoms. The highest BCUT2D eigenvalue weighted by molar-refractivity contribution is 5.99. The molecule has 0 spiro atoms. The summed E-state index contributed by atoms with van der Waals surface area (Å²) in [5.74, 6) is -4.87. The van der Waals surface area contributed by atoms with E-state index >= 15 is 0 Å². The number of allylic oxidation sites excluding steroid dienone is 9. The lowest BCUT2D eigenvalue weighted by Gasteiger charge is -2.37. The van der Waals surface area contributed by atoms with E-state index in [1.54, 1.807) is 13.0 Å². The van der Waals surface area contributed by atoms with Gasteiger partial charge in [-0.1, -0.05) is 49.8 Å². The minimum Gasteiger partial charge on any atom is -0.330 e. The molecule has 3 rings (SSSR count). The summed E-state index contributed by atoms with van der Waals surface area (Å²) in [5.41, 5.74) is 4.27. The average Bonchev–Trinajstić information content (AvgIpc) is 3.31. The quantitative estimate of drug-likeness (QED) is 0.244. The Bertz CT molecular complexity index is 1240. The number of aromatic nitrogens is 2. The predicted molar refractivity (Wildman–Crippen MR) is 138 cm³/mol. The summed E-state index contributed by atoms with van der Waals surface area (Å²) in [4.78, 5) is 16.3. The van der Waals surface area contributed by atoms with Crippen molar-refractivity contribution in [3.8, 4) is 0 Å². The van der Waals surface area contributed by atoms with E-state index in [1.165, 1.54) is 17.2 Å². The molecule has 0 saturated carbocycles. The zero-order valence-electron chi connectivity index (χ0n) is 21.3. The van der Waals surface area contributed by atoms with Gasteiger partial charge in [0.25, 0.3) is 0 Å². The van der Waals surface area contributed by atoms with Gasteiger partial charge < -0.3 is 9.88 Å². The van der Waals surface area contributed by atoms with Gasteiger partial charge in [-0.2, -0.15) is 0 Å². The van der Waals surface area contributed by atoms with Gasteiger partial charge in [-0.05, 0) is 55.7 Å². The Morgan fingerprint density at radius 3 is 2.47 bits per heavy atom. The van der Waals surface area contributed by atoms with Gasteiger partial charge in [0.05, 0.1) is 12.4 Å². The van der Waals surface area contributed by atoms with Crippen LogP contribution in [0.4, 0.5) is 18.9 Å². The van der Waals surface area contributed by atoms with Crippen LogP contribution < -0.4 is 5.32 Å². The van der Waals surface area contributed by atoms with Crippen LogP contribution in [0, 0.1) is 22.9 Å². The molecule has 1 unspecified atom stereocenters. The highest BCUT2D eigenvalue weighted by atomic mass is 19.2. The third-order valence-corrected chi connectivity index (χ3v) is 6.42. The van der Waals surface area contributed by atoms with Crippen molar-refractivity contribution in [3.05, 3.63) is 107 Å². The van der Waals surface area contributed by atoms with E-state index in [0.717, 1.165) is 30.5 Å². The van der Waals surface area contributed by atoms with E-state index in [0.29, 0.717) is 11.6 Å². The number of carbonyl (C=O) groups is 1. The zero-order valence-corrected chi connectivity index (χ0v) is 21.3. The molecule has 0 aliphatic heterocycles. The Balaban J connectivity index is 1.66. The van der Waals surface area contributed by atoms with Crippen LogP contribution in [0.3, 0.4) is 0 Å². The van der Waals surface area contributed by atoms with Crippen molar-refractivity contribution in [2.45, 2.75) is 53.5 Å². The van der Waals surface area contributed by atoms with Crippen LogP contribution in [0.1, 0.15) is 53.5 Å². The number of rotatable bonds is 7. The smallest absolute Gasteiger partial charge is 0.248 e. The van der Waals surface area contributed by atoms with E-state index in [2.05, 4.69) is 47.8 Å². The topological polar surface area (TPSA) is 46.9 Å². The Morgan fingerprint density at radius 2 is 1.83 bits per heavy atom. The third kappa shape index (κ3) is 6.74. The monoisotopic (exact) mass is 495 g/mol. The first-order chi connectivity index (χ1) is 17.0. The van der Waals surface area contributed by atoms with Crippen molar-refractivity contribution < 1.29 is 18.0 Å². The molecule has 1 atom stereocenters. The molecule has 1 aliphatic carbocycles. The molecule has 0 fully saturated rings. The van der Waals surface area contributed by atoms with Gasteiger partial charge in [-0.15, -0.1) is 0 Å². The third-order valence-electron chi connectivity index (χ3n) is 6.42. The van der Waals surface area contributed by atoms with Gasteiger partial charge in [0, 0.05) is 36.3 Å². The van der Waals surface area contributed by atoms with Gasteiger partial charge >= 0.3 is 0 Å². The lowest BCUT2D eigenvalue weighted by atomic mass is 9.71. The second-order valence-corrected chi connectivity index (χ2v) is 9.78. The first-order valence-corrected chi connectivity index (χ1v) is 11.8. The van der Waals surface area contributed by atoms with Crippen molar-refractivity contribution in [3.63, 3.8) is 0 Å². The summed E-state index contributed by atoms with van der Waals surface area (Å²) in [6.45, 7) is 10.5. The number of carbonyl (C=O) groups excluding carboxylic acids is 1. The lowest BCUT2D eigenvalue weighted by molar-refractivity contribution is -0.111. The molecule has 2 aromatic rings. The molecule has 190 valence electrons. The van der Waals surface area contributed by atoms with E-state index in [4.69, 9.17) is 0 Å². The fraction of sp³-hybridized carbons (Fsp3) is 0.310. The summed E-state index contributed by atoms with van der Waals surface area (Å²) in [5, 5.41) is 2.33. The molecule has 1 aromatic heterocycles. The summed E-state index contributed by atoms with van der Waals surface area (Å²) < 4.78 is 41.8. The summed E-state index contributed by atoms with van der Waals surface area (Å²) >= 11 is 0. The largest absolute Gasteiger partial charge is 0.330 e. The van der Waals surface area contributed by atoms with Crippen LogP contribution >= 0.6 is 0 Å². The second kappa shape index (κ2) is 11.4. The Hall–Kier alpha value is -3.61. The van der Waals surface area contributed by atoms with E-state index in [1.807, 2.05) is 37.8 Å². The maximum atomic E-state index is 13.3. The average molecular weight is 496 g/mol. The fourth-order valence-corrected chi connectivity index (χ4v) is 4.43. The first-order valence-electron chi connectivity index (χ1n) is 11.8. The maximum absolute atomic E-state index is 13.3. The molecule has 1 N–H and O–H groups in total. The van der Waals surface area contributed by atoms with Crippen LogP contribution in [0.25, 0.3) is 0 Å². The van der Waals surface area contributed by atoms with Crippen LogP contribution in [-0.2, 0) is 4.79 Å². The summed E-state index contributed by atoms with van der Waals surface area (Å²) in [7, 11) is 0. The predicted octanol–water partition coefficient (Wildman–Crippen LogP) is 7.62. The van der Waals surface area contributed by atoms with Crippen molar-refractivity contribution in [2.24, 2.45) is 5.41 Å². The van der Waals surface area contributed by atoms with Gasteiger partial charge in [0.1, 0.15) is 0 Å². The van der Waals surface area contributed by atoms with Gasteiger partial charge in [-0.3, -0.25) is 4.79 Å². The van der Waals surface area contributed by atoms with Crippen molar-refractivity contribution >= 4 is 11.6 Å². The van der Waals surface area contributed by atoms with E-state index in [9.17, 15) is 18.0 Å². The number of imidazole rings is 1. The molecule has 4 nitrogen and oxygen atoms in total. The number of halogens is 3. The molecule has 1 aliphatic rings. The Morgan fingerprint density at radius 1 is 1.14 bits per heavy atom. The number of nitrogens with one attached hydrogen (secondary N) is 1. The molecule has 0 saturated heterocycles. The van der Waals surface area contributed by atoms with Crippen LogP contribution in [0.15, 0.2) is 89.6 Å². The summed E-state index contributed by atoms with van der Waals surface area (Å²) in [6.07, 6.45) is 19.0. The normalized spacial score (nSPS) is 18.9. The molecule has 1 heterocycles. The molecule has 36 heavy (non-hydrogen) atoms. The zero-order chi connectivity index (χ0) is 26.5. The Labute approximate surface area is 210 Å². The molecular formula is C29H32F3N3O. The standard InChI is InChI=1S/C29H32F3N3O/c1-19(9-10-23-21(3)26(11-12-29(23,4)5)35-14-13-33-18-35)7-6-8-20(2)15-27(36)34-22-16-24(30)28(32)25(31)17-22/h6-10,13-18,26H,11-12H2,1-5H3,(H,34,36)/b8-6+,10-9+,19-7+,20-15+. The molecule has 1 aromatic carbocycles. The summed E-state index contributed by atoms with van der Waals surface area (Å²) in [6, 6.07) is 1.78. The van der Waals surface area contributed by atoms with Crippen molar-refractivity contribution in [2.75, 3.05) is 5.32 Å². The second-order valence-electron chi connectivity index (χ2n) is 9.78. The van der Waals surface area contributed by atoms with Crippen molar-refractivity contribution in [1.82, 2.24) is 9.55 Å². The fourth-order valence-electron chi connectivity index (χ4n) is 4.43. The number of benzene rings is 1. The van der Waals surface area contributed by atoms with E-state index < -0.39 is 23.4 Å². The van der Waals surface area contributed by atoms with Gasteiger partial charge in [0.2, 0.25) is 5.91 Å². The minimum absolute atomic E-state index is 0.0802. The SMILES string of the molecule is CC1=C(/C=C/C(C)=C/C=C/C(C)=C/C(=O)Nc2cc(F)c(F)c(F)c2)C(C)(C)CCC1n1ccnc1. The van der Waals surface area contributed by atoms with Crippen LogP contribution in [-0.4, -0.2) is 15.5 Å². The molecule has 0 radical (unpaired) electrons. The molecular weight excluding hydrogens is 463 g/mol. The number of amides is 1. The van der Waals surface area contributed by atoms with Gasteiger partial charge in [-0.25, -0.2) is 18.2 Å². The molecule has 1 amide bonds. The number of nitrogens with zero attached hydrogens (tertiary/aromatic N) is 2. The highest BCUT2D eigenvalue weighted by Crippen LogP contribution is 2.45. The first kappa shape index (κ1) is 27.0.